The number of nitrogens with two attached hydrogens (primary N) is 1. The van der Waals surface area contributed by atoms with E-state index in [0.717, 1.165) is 11.4 Å². The smallest absolute Gasteiger partial charge is 0.300 e. The molecule has 0 atom stereocenters. The van der Waals surface area contributed by atoms with Crippen LogP contribution < -0.4 is 5.73 Å². The highest BCUT2D eigenvalue weighted by Crippen LogP contribution is 2.09. The first-order chi connectivity index (χ1) is 7.59. The molecule has 0 saturated carbocycles. The monoisotopic (exact) mass is 217 g/mol. The van der Waals surface area contributed by atoms with Crippen LogP contribution in [0.2, 0.25) is 0 Å². The number of rotatable bonds is 1. The van der Waals surface area contributed by atoms with E-state index >= 15 is 0 Å². The molecule has 2 N–H and O–H groups in total. The van der Waals surface area contributed by atoms with Crippen LogP contribution in [0.15, 0.2) is 18.5 Å². The summed E-state index contributed by atoms with van der Waals surface area (Å²) in [5, 5.41) is 4.07. The maximum Gasteiger partial charge on any atom is 0.300 e. The Morgan fingerprint density at radius 1 is 1.31 bits per heavy atom. The fourth-order valence-electron chi connectivity index (χ4n) is 1.45. The lowest BCUT2D eigenvalue weighted by Gasteiger charge is -2.03. The van der Waals surface area contributed by atoms with Crippen LogP contribution in [-0.2, 0) is 0 Å². The van der Waals surface area contributed by atoms with Crippen LogP contribution in [0.25, 0.3) is 0 Å². The van der Waals surface area contributed by atoms with Crippen LogP contribution in [0.3, 0.4) is 0 Å². The van der Waals surface area contributed by atoms with E-state index in [-0.39, 0.29) is 17.4 Å². The van der Waals surface area contributed by atoms with Crippen LogP contribution in [0.5, 0.6) is 0 Å². The molecule has 0 aliphatic carbocycles. The van der Waals surface area contributed by atoms with Crippen molar-refractivity contribution in [2.45, 2.75) is 13.8 Å². The highest BCUT2D eigenvalue weighted by atomic mass is 16.2. The van der Waals surface area contributed by atoms with E-state index in [1.165, 1.54) is 17.1 Å². The average molecular weight is 217 g/mol. The molecule has 6 heteroatoms. The van der Waals surface area contributed by atoms with Crippen molar-refractivity contribution in [1.82, 2.24) is 19.7 Å². The summed E-state index contributed by atoms with van der Waals surface area (Å²) in [5.74, 6) is -0.253. The van der Waals surface area contributed by atoms with Gasteiger partial charge < -0.3 is 5.73 Å². The van der Waals surface area contributed by atoms with Crippen molar-refractivity contribution in [1.29, 1.82) is 0 Å². The first-order valence-corrected chi connectivity index (χ1v) is 4.74. The number of aryl methyl sites for hydroxylation is 2. The molecule has 0 radical (unpaired) electrons. The third kappa shape index (κ3) is 1.65. The van der Waals surface area contributed by atoms with Gasteiger partial charge >= 0.3 is 5.91 Å². The van der Waals surface area contributed by atoms with Gasteiger partial charge in [0, 0.05) is 18.1 Å². The van der Waals surface area contributed by atoms with Crippen molar-refractivity contribution in [3.63, 3.8) is 0 Å². The van der Waals surface area contributed by atoms with Crippen LogP contribution in [0.4, 0.5) is 5.82 Å². The van der Waals surface area contributed by atoms with Gasteiger partial charge in [-0.2, -0.15) is 9.78 Å². The number of hydrogen-bond donors (Lipinski definition) is 1. The topological polar surface area (TPSA) is 86.7 Å². The predicted molar refractivity (Wildman–Crippen MR) is 57.9 cm³/mol. The van der Waals surface area contributed by atoms with Gasteiger partial charge in [-0.25, -0.2) is 9.97 Å². The summed E-state index contributed by atoms with van der Waals surface area (Å²) in [6, 6.07) is 1.81. The largest absolute Gasteiger partial charge is 0.382 e. The molecule has 82 valence electrons. The Hall–Kier alpha value is -2.24. The summed E-state index contributed by atoms with van der Waals surface area (Å²) in [6.07, 6.45) is 2.86. The Labute approximate surface area is 92.1 Å². The number of hydrogen-bond acceptors (Lipinski definition) is 5. The van der Waals surface area contributed by atoms with Crippen molar-refractivity contribution in [2.24, 2.45) is 0 Å². The number of carbonyl (C=O) groups is 1. The highest BCUT2D eigenvalue weighted by molar-refractivity contribution is 5.97. The number of aromatic nitrogens is 4. The van der Waals surface area contributed by atoms with Gasteiger partial charge in [-0.3, -0.25) is 4.79 Å². The minimum atomic E-state index is -0.365. The van der Waals surface area contributed by atoms with E-state index in [9.17, 15) is 4.79 Å². The number of anilines is 1. The molecule has 0 spiro atoms. The summed E-state index contributed by atoms with van der Waals surface area (Å²) in [6.45, 7) is 3.61. The fraction of sp³-hybridized carbons (Fsp3) is 0.200. The van der Waals surface area contributed by atoms with E-state index in [0.29, 0.717) is 0 Å². The zero-order chi connectivity index (χ0) is 11.7. The standard InChI is InChI=1S/C10H11N5O/c1-6-5-7(2)15(14-6)10(16)8-9(11)13-4-3-12-8/h3-5H,1-2H3,(H2,11,13). The van der Waals surface area contributed by atoms with E-state index in [4.69, 9.17) is 5.73 Å². The molecule has 0 aliphatic heterocycles. The molecule has 2 rings (SSSR count). The molecular weight excluding hydrogens is 206 g/mol. The molecule has 6 nitrogen and oxygen atoms in total. The Balaban J connectivity index is 2.47. The lowest BCUT2D eigenvalue weighted by atomic mass is 10.3. The van der Waals surface area contributed by atoms with Crippen LogP contribution in [-0.4, -0.2) is 25.7 Å². The Kier molecular flexibility index (Phi) is 2.40. The van der Waals surface area contributed by atoms with Crippen molar-refractivity contribution in [3.05, 3.63) is 35.5 Å². The third-order valence-corrected chi connectivity index (χ3v) is 2.13. The summed E-state index contributed by atoms with van der Waals surface area (Å²) in [4.78, 5) is 19.7. The Bertz CT molecular complexity index is 546. The summed E-state index contributed by atoms with van der Waals surface area (Å²) in [7, 11) is 0. The lowest BCUT2D eigenvalue weighted by Crippen LogP contribution is -2.19. The molecular formula is C10H11N5O. The van der Waals surface area contributed by atoms with Gasteiger partial charge in [0.25, 0.3) is 0 Å². The minimum Gasteiger partial charge on any atom is -0.382 e. The normalized spacial score (nSPS) is 10.4. The van der Waals surface area contributed by atoms with Gasteiger partial charge in [0.05, 0.1) is 5.69 Å². The van der Waals surface area contributed by atoms with E-state index in [1.807, 2.05) is 13.0 Å². The van der Waals surface area contributed by atoms with Crippen molar-refractivity contribution >= 4 is 11.7 Å². The molecule has 0 saturated heterocycles. The minimum absolute atomic E-state index is 0.111. The lowest BCUT2D eigenvalue weighted by molar-refractivity contribution is 0.0938. The summed E-state index contributed by atoms with van der Waals surface area (Å²) >= 11 is 0. The van der Waals surface area contributed by atoms with Crippen LogP contribution in [0, 0.1) is 13.8 Å². The second-order valence-electron chi connectivity index (χ2n) is 3.43. The molecule has 16 heavy (non-hydrogen) atoms. The van der Waals surface area contributed by atoms with Gasteiger partial charge in [0.2, 0.25) is 0 Å². The predicted octanol–water partition coefficient (Wildman–Crippen LogP) is 0.561. The van der Waals surface area contributed by atoms with Gasteiger partial charge in [-0.05, 0) is 19.9 Å². The van der Waals surface area contributed by atoms with Crippen molar-refractivity contribution in [3.8, 4) is 0 Å². The summed E-state index contributed by atoms with van der Waals surface area (Å²) < 4.78 is 1.27. The Morgan fingerprint density at radius 3 is 2.56 bits per heavy atom. The molecule has 0 aromatic carbocycles. The van der Waals surface area contributed by atoms with Crippen molar-refractivity contribution in [2.75, 3.05) is 5.73 Å². The molecule has 2 aromatic rings. The third-order valence-electron chi connectivity index (χ3n) is 2.13. The van der Waals surface area contributed by atoms with Crippen LogP contribution in [0.1, 0.15) is 21.9 Å². The Morgan fingerprint density at radius 2 is 2.00 bits per heavy atom. The van der Waals surface area contributed by atoms with Gasteiger partial charge in [-0.1, -0.05) is 0 Å². The van der Waals surface area contributed by atoms with Gasteiger partial charge in [-0.15, -0.1) is 0 Å². The molecule has 2 aromatic heterocycles. The SMILES string of the molecule is Cc1cc(C)n(C(=O)c2nccnc2N)n1. The van der Waals surface area contributed by atoms with Crippen LogP contribution >= 0.6 is 0 Å². The molecule has 2 heterocycles. The summed E-state index contributed by atoms with van der Waals surface area (Å²) in [5.41, 5.74) is 7.21. The molecule has 0 aliphatic rings. The number of carbonyl (C=O) groups excluding carboxylic acids is 1. The second kappa shape index (κ2) is 3.73. The number of nitrogen functional groups attached to an aromatic ring is 1. The van der Waals surface area contributed by atoms with Crippen molar-refractivity contribution < 1.29 is 4.79 Å². The zero-order valence-corrected chi connectivity index (χ0v) is 9.01. The van der Waals surface area contributed by atoms with Gasteiger partial charge in [0.15, 0.2) is 11.5 Å². The van der Waals surface area contributed by atoms with E-state index < -0.39 is 0 Å². The zero-order valence-electron chi connectivity index (χ0n) is 9.01. The maximum absolute atomic E-state index is 12.0. The molecule has 0 unspecified atom stereocenters. The first kappa shape index (κ1) is 10.3. The maximum atomic E-state index is 12.0. The number of nitrogens with zero attached hydrogens (tertiary/aromatic N) is 4. The quantitative estimate of drug-likeness (QED) is 0.754. The highest BCUT2D eigenvalue weighted by Gasteiger charge is 2.17. The molecule has 0 fully saturated rings. The fourth-order valence-corrected chi connectivity index (χ4v) is 1.45. The van der Waals surface area contributed by atoms with E-state index in [2.05, 4.69) is 15.1 Å². The molecule has 0 bridgehead atoms. The van der Waals surface area contributed by atoms with Gasteiger partial charge in [0.1, 0.15) is 0 Å². The first-order valence-electron chi connectivity index (χ1n) is 4.74. The average Bonchev–Trinajstić information content (AvgIpc) is 2.58. The van der Waals surface area contributed by atoms with E-state index in [1.54, 1.807) is 6.92 Å². The second-order valence-corrected chi connectivity index (χ2v) is 3.43. The molecule has 0 amide bonds.